The molecule has 0 aromatic rings. The molecule has 0 aromatic heterocycles. The summed E-state index contributed by atoms with van der Waals surface area (Å²) in [5, 5.41) is 3.61. The predicted molar refractivity (Wildman–Crippen MR) is 73.8 cm³/mol. The first-order valence-corrected chi connectivity index (χ1v) is 6.03. The van der Waals surface area contributed by atoms with E-state index in [4.69, 9.17) is 4.74 Å². The molecule has 1 aliphatic rings. The lowest BCUT2D eigenvalue weighted by atomic mass is 9.91. The van der Waals surface area contributed by atoms with Crippen molar-refractivity contribution < 1.29 is 4.74 Å². The standard InChI is InChI=1S/C15H23NO/c1-5-9-14(10-6-2)13-17-15(16-14,11-7-3)12-8-4/h5-8,16H,1-4,9-13H2. The van der Waals surface area contributed by atoms with Crippen molar-refractivity contribution in [3.8, 4) is 0 Å². The van der Waals surface area contributed by atoms with Gasteiger partial charge in [-0.3, -0.25) is 5.32 Å². The van der Waals surface area contributed by atoms with Gasteiger partial charge in [-0.1, -0.05) is 24.3 Å². The molecule has 1 heterocycles. The second-order valence-electron chi connectivity index (χ2n) is 4.66. The molecule has 2 nitrogen and oxygen atoms in total. The van der Waals surface area contributed by atoms with E-state index >= 15 is 0 Å². The zero-order valence-corrected chi connectivity index (χ0v) is 10.6. The highest BCUT2D eigenvalue weighted by atomic mass is 16.5. The van der Waals surface area contributed by atoms with Crippen LogP contribution in [0.4, 0.5) is 0 Å². The highest BCUT2D eigenvalue weighted by Gasteiger charge is 2.45. The maximum Gasteiger partial charge on any atom is 0.126 e. The Hall–Kier alpha value is -1.12. The highest BCUT2D eigenvalue weighted by Crippen LogP contribution is 2.34. The fourth-order valence-electron chi connectivity index (χ4n) is 2.46. The molecule has 1 saturated heterocycles. The molecule has 1 rings (SSSR count). The Morgan fingerprint density at radius 3 is 1.76 bits per heavy atom. The summed E-state index contributed by atoms with van der Waals surface area (Å²) >= 11 is 0. The average Bonchev–Trinajstić information content (AvgIpc) is 2.60. The Kier molecular flexibility index (Phi) is 4.91. The molecular formula is C15H23NO. The van der Waals surface area contributed by atoms with Gasteiger partial charge < -0.3 is 4.74 Å². The summed E-state index contributed by atoms with van der Waals surface area (Å²) in [6, 6.07) is 0. The molecule has 0 spiro atoms. The van der Waals surface area contributed by atoms with Crippen molar-refractivity contribution in [2.45, 2.75) is 36.9 Å². The van der Waals surface area contributed by atoms with Crippen molar-refractivity contribution >= 4 is 0 Å². The SMILES string of the molecule is C=CCC1(CC=C)COC(CC=C)(CC=C)N1. The molecule has 17 heavy (non-hydrogen) atoms. The van der Waals surface area contributed by atoms with Gasteiger partial charge >= 0.3 is 0 Å². The Balaban J connectivity index is 2.86. The second kappa shape index (κ2) is 5.99. The lowest BCUT2D eigenvalue weighted by molar-refractivity contribution is -0.00490. The maximum absolute atomic E-state index is 5.99. The molecule has 1 aliphatic heterocycles. The lowest BCUT2D eigenvalue weighted by Crippen LogP contribution is -2.50. The van der Waals surface area contributed by atoms with Crippen LogP contribution in [0.2, 0.25) is 0 Å². The molecule has 0 unspecified atom stereocenters. The summed E-state index contributed by atoms with van der Waals surface area (Å²) in [5.41, 5.74) is -0.426. The van der Waals surface area contributed by atoms with Gasteiger partial charge in [0.2, 0.25) is 0 Å². The van der Waals surface area contributed by atoms with E-state index in [-0.39, 0.29) is 11.3 Å². The van der Waals surface area contributed by atoms with Gasteiger partial charge in [0.1, 0.15) is 5.72 Å². The number of rotatable bonds is 8. The van der Waals surface area contributed by atoms with E-state index < -0.39 is 0 Å². The maximum atomic E-state index is 5.99. The predicted octanol–water partition coefficient (Wildman–Crippen LogP) is 3.35. The Bertz CT molecular complexity index is 256. The van der Waals surface area contributed by atoms with E-state index in [9.17, 15) is 0 Å². The van der Waals surface area contributed by atoms with Gasteiger partial charge in [0.05, 0.1) is 12.1 Å². The quantitative estimate of drug-likeness (QED) is 0.649. The van der Waals surface area contributed by atoms with Crippen molar-refractivity contribution in [1.82, 2.24) is 5.32 Å². The van der Waals surface area contributed by atoms with Crippen molar-refractivity contribution in [3.05, 3.63) is 50.6 Å². The highest BCUT2D eigenvalue weighted by molar-refractivity contribution is 5.08. The molecule has 0 aromatic carbocycles. The van der Waals surface area contributed by atoms with Gasteiger partial charge in [-0.25, -0.2) is 0 Å². The third-order valence-corrected chi connectivity index (χ3v) is 3.14. The molecule has 0 saturated carbocycles. The van der Waals surface area contributed by atoms with Crippen molar-refractivity contribution in [2.75, 3.05) is 6.61 Å². The van der Waals surface area contributed by atoms with Crippen LogP contribution < -0.4 is 5.32 Å². The van der Waals surface area contributed by atoms with Gasteiger partial charge in [-0.05, 0) is 12.8 Å². The largest absolute Gasteiger partial charge is 0.358 e. The molecule has 2 heteroatoms. The van der Waals surface area contributed by atoms with Crippen LogP contribution in [-0.2, 0) is 4.74 Å². The van der Waals surface area contributed by atoms with E-state index in [1.54, 1.807) is 0 Å². The van der Waals surface area contributed by atoms with Crippen LogP contribution in [0.3, 0.4) is 0 Å². The van der Waals surface area contributed by atoms with Gasteiger partial charge in [0.15, 0.2) is 0 Å². The van der Waals surface area contributed by atoms with Gasteiger partial charge in [-0.15, -0.1) is 26.3 Å². The topological polar surface area (TPSA) is 21.3 Å². The zero-order valence-electron chi connectivity index (χ0n) is 10.6. The number of nitrogens with one attached hydrogen (secondary N) is 1. The minimum atomic E-state index is -0.352. The van der Waals surface area contributed by atoms with Gasteiger partial charge in [0.25, 0.3) is 0 Å². The van der Waals surface area contributed by atoms with Crippen LogP contribution in [-0.4, -0.2) is 17.9 Å². The fourth-order valence-corrected chi connectivity index (χ4v) is 2.46. The number of ether oxygens (including phenoxy) is 1. The van der Waals surface area contributed by atoms with Gasteiger partial charge in [-0.2, -0.15) is 0 Å². The fraction of sp³-hybridized carbons (Fsp3) is 0.467. The third-order valence-electron chi connectivity index (χ3n) is 3.14. The first-order valence-electron chi connectivity index (χ1n) is 6.03. The van der Waals surface area contributed by atoms with Crippen LogP contribution in [0.15, 0.2) is 50.6 Å². The number of hydrogen-bond donors (Lipinski definition) is 1. The zero-order chi connectivity index (χ0) is 12.8. The van der Waals surface area contributed by atoms with Crippen molar-refractivity contribution in [2.24, 2.45) is 0 Å². The van der Waals surface area contributed by atoms with Crippen LogP contribution in [0.25, 0.3) is 0 Å². The van der Waals surface area contributed by atoms with Crippen LogP contribution in [0, 0.1) is 0 Å². The van der Waals surface area contributed by atoms with E-state index in [1.807, 2.05) is 24.3 Å². The molecule has 0 bridgehead atoms. The van der Waals surface area contributed by atoms with E-state index in [1.165, 1.54) is 0 Å². The first kappa shape index (κ1) is 13.9. The minimum Gasteiger partial charge on any atom is -0.358 e. The van der Waals surface area contributed by atoms with E-state index in [0.29, 0.717) is 6.61 Å². The molecule has 0 radical (unpaired) electrons. The molecule has 94 valence electrons. The first-order chi connectivity index (χ1) is 8.16. The molecule has 1 N–H and O–H groups in total. The van der Waals surface area contributed by atoms with Gasteiger partial charge in [0, 0.05) is 12.8 Å². The summed E-state index contributed by atoms with van der Waals surface area (Å²) in [5.74, 6) is 0. The molecule has 1 fully saturated rings. The average molecular weight is 233 g/mol. The molecule has 0 atom stereocenters. The van der Waals surface area contributed by atoms with Crippen molar-refractivity contribution in [1.29, 1.82) is 0 Å². The van der Waals surface area contributed by atoms with Crippen LogP contribution in [0.1, 0.15) is 25.7 Å². The summed E-state index contributed by atoms with van der Waals surface area (Å²) in [6.07, 6.45) is 10.9. The van der Waals surface area contributed by atoms with E-state index in [2.05, 4.69) is 31.6 Å². The Labute approximate surface area is 105 Å². The smallest absolute Gasteiger partial charge is 0.126 e. The summed E-state index contributed by atoms with van der Waals surface area (Å²) < 4.78 is 5.99. The Morgan fingerprint density at radius 1 is 0.882 bits per heavy atom. The monoisotopic (exact) mass is 233 g/mol. The minimum absolute atomic E-state index is 0.0739. The van der Waals surface area contributed by atoms with Crippen molar-refractivity contribution in [3.63, 3.8) is 0 Å². The third kappa shape index (κ3) is 3.18. The Morgan fingerprint density at radius 2 is 1.35 bits per heavy atom. The summed E-state index contributed by atoms with van der Waals surface area (Å²) in [6.45, 7) is 15.9. The molecule has 0 aliphatic carbocycles. The van der Waals surface area contributed by atoms with Crippen LogP contribution in [0.5, 0.6) is 0 Å². The second-order valence-corrected chi connectivity index (χ2v) is 4.66. The summed E-state index contributed by atoms with van der Waals surface area (Å²) in [7, 11) is 0. The molecular weight excluding hydrogens is 210 g/mol. The van der Waals surface area contributed by atoms with E-state index in [0.717, 1.165) is 25.7 Å². The van der Waals surface area contributed by atoms with Crippen LogP contribution >= 0.6 is 0 Å². The molecule has 0 amide bonds. The summed E-state index contributed by atoms with van der Waals surface area (Å²) in [4.78, 5) is 0. The normalized spacial score (nSPS) is 20.7. The number of hydrogen-bond acceptors (Lipinski definition) is 2. The lowest BCUT2D eigenvalue weighted by Gasteiger charge is -2.31.